The molecule has 0 radical (unpaired) electrons. The van der Waals surface area contributed by atoms with Crippen LogP contribution in [-0.2, 0) is 0 Å². The number of nitrogens with one attached hydrogen (secondary N) is 2. The minimum atomic E-state index is 0.607. The maximum Gasteiger partial charge on any atom is 0.166 e. The van der Waals surface area contributed by atoms with Crippen molar-refractivity contribution < 1.29 is 0 Å². The van der Waals surface area contributed by atoms with Crippen LogP contribution in [0.15, 0.2) is 0 Å². The Hall–Kier alpha value is -0.310. The maximum atomic E-state index is 5.31. The highest BCUT2D eigenvalue weighted by Gasteiger charge is 2.20. The topological polar surface area (TPSA) is 24.1 Å². The molecular weight excluding hydrogens is 228 g/mol. The lowest BCUT2D eigenvalue weighted by Gasteiger charge is -2.30. The fourth-order valence-corrected chi connectivity index (χ4v) is 2.79. The van der Waals surface area contributed by atoms with Gasteiger partial charge in [0.1, 0.15) is 0 Å². The third kappa shape index (κ3) is 6.25. The highest BCUT2D eigenvalue weighted by Crippen LogP contribution is 2.27. The number of thiocarbonyl (C=S) groups is 1. The van der Waals surface area contributed by atoms with Crippen LogP contribution in [0.25, 0.3) is 0 Å². The second-order valence-corrected chi connectivity index (χ2v) is 6.16. The first-order chi connectivity index (χ1) is 8.11. The van der Waals surface area contributed by atoms with Crippen LogP contribution >= 0.6 is 12.2 Å². The van der Waals surface area contributed by atoms with Crippen LogP contribution in [0.2, 0.25) is 0 Å². The second kappa shape index (κ2) is 7.91. The van der Waals surface area contributed by atoms with Gasteiger partial charge in [-0.1, -0.05) is 33.6 Å². The Morgan fingerprint density at radius 3 is 2.41 bits per heavy atom. The third-order valence-electron chi connectivity index (χ3n) is 3.55. The van der Waals surface area contributed by atoms with E-state index >= 15 is 0 Å². The maximum absolute atomic E-state index is 5.31. The number of hydrogen-bond acceptors (Lipinski definition) is 1. The van der Waals surface area contributed by atoms with Crippen molar-refractivity contribution in [1.29, 1.82) is 0 Å². The Bertz CT molecular complexity index is 220. The molecule has 0 bridgehead atoms. The van der Waals surface area contributed by atoms with Crippen molar-refractivity contribution in [2.45, 2.75) is 65.3 Å². The van der Waals surface area contributed by atoms with E-state index in [9.17, 15) is 0 Å². The summed E-state index contributed by atoms with van der Waals surface area (Å²) < 4.78 is 0. The van der Waals surface area contributed by atoms with E-state index in [2.05, 4.69) is 31.4 Å². The Morgan fingerprint density at radius 1 is 1.24 bits per heavy atom. The third-order valence-corrected chi connectivity index (χ3v) is 3.81. The van der Waals surface area contributed by atoms with Gasteiger partial charge in [0.05, 0.1) is 0 Å². The molecule has 3 heteroatoms. The van der Waals surface area contributed by atoms with Gasteiger partial charge in [-0.05, 0) is 49.7 Å². The summed E-state index contributed by atoms with van der Waals surface area (Å²) in [5, 5.41) is 7.59. The molecule has 1 fully saturated rings. The van der Waals surface area contributed by atoms with Crippen LogP contribution in [0.4, 0.5) is 0 Å². The van der Waals surface area contributed by atoms with E-state index in [0.717, 1.165) is 17.6 Å². The highest BCUT2D eigenvalue weighted by atomic mass is 32.1. The molecule has 17 heavy (non-hydrogen) atoms. The molecule has 2 nitrogen and oxygen atoms in total. The SMILES string of the molecule is CCCC1CCC(NC(=S)NCC(C)C)CC1. The summed E-state index contributed by atoms with van der Waals surface area (Å²) in [6.45, 7) is 7.66. The molecule has 0 spiro atoms. The Labute approximate surface area is 112 Å². The summed E-state index contributed by atoms with van der Waals surface area (Å²) in [7, 11) is 0. The lowest BCUT2D eigenvalue weighted by molar-refractivity contribution is 0.295. The molecule has 0 heterocycles. The van der Waals surface area contributed by atoms with Crippen LogP contribution < -0.4 is 10.6 Å². The van der Waals surface area contributed by atoms with Gasteiger partial charge in [0.2, 0.25) is 0 Å². The number of rotatable bonds is 5. The van der Waals surface area contributed by atoms with Gasteiger partial charge in [0.15, 0.2) is 5.11 Å². The molecule has 0 amide bonds. The molecule has 0 aromatic carbocycles. The molecule has 0 unspecified atom stereocenters. The Kier molecular flexibility index (Phi) is 6.86. The van der Waals surface area contributed by atoms with Crippen molar-refractivity contribution >= 4 is 17.3 Å². The summed E-state index contributed by atoms with van der Waals surface area (Å²) in [5.74, 6) is 1.62. The van der Waals surface area contributed by atoms with Gasteiger partial charge < -0.3 is 10.6 Å². The molecule has 2 N–H and O–H groups in total. The van der Waals surface area contributed by atoms with Crippen molar-refractivity contribution in [3.63, 3.8) is 0 Å². The summed E-state index contributed by atoms with van der Waals surface area (Å²) >= 11 is 5.31. The van der Waals surface area contributed by atoms with Crippen LogP contribution in [0, 0.1) is 11.8 Å². The molecular formula is C14H28N2S. The Morgan fingerprint density at radius 2 is 1.88 bits per heavy atom. The molecule has 0 aromatic rings. The second-order valence-electron chi connectivity index (χ2n) is 5.75. The minimum absolute atomic E-state index is 0.607. The minimum Gasteiger partial charge on any atom is -0.362 e. The van der Waals surface area contributed by atoms with E-state index in [0.29, 0.717) is 12.0 Å². The molecule has 1 rings (SSSR count). The average molecular weight is 256 g/mol. The van der Waals surface area contributed by atoms with Crippen LogP contribution in [0.1, 0.15) is 59.3 Å². The number of hydrogen-bond donors (Lipinski definition) is 2. The normalized spacial score (nSPS) is 24.7. The zero-order chi connectivity index (χ0) is 12.7. The smallest absolute Gasteiger partial charge is 0.166 e. The first-order valence-electron chi connectivity index (χ1n) is 7.16. The fraction of sp³-hybridized carbons (Fsp3) is 0.929. The Balaban J connectivity index is 2.14. The zero-order valence-electron chi connectivity index (χ0n) is 11.6. The van der Waals surface area contributed by atoms with Crippen molar-refractivity contribution in [2.24, 2.45) is 11.8 Å². The standard InChI is InChI=1S/C14H28N2S/c1-4-5-12-6-8-13(9-7-12)16-14(17)15-10-11(2)3/h11-13H,4-10H2,1-3H3,(H2,15,16,17). The molecule has 1 aliphatic carbocycles. The van der Waals surface area contributed by atoms with E-state index in [4.69, 9.17) is 12.2 Å². The molecule has 0 atom stereocenters. The molecule has 0 aliphatic heterocycles. The molecule has 100 valence electrons. The van der Waals surface area contributed by atoms with E-state index in [1.54, 1.807) is 0 Å². The predicted octanol–water partition coefficient (Wildman–Crippen LogP) is 3.47. The highest BCUT2D eigenvalue weighted by molar-refractivity contribution is 7.80. The van der Waals surface area contributed by atoms with Gasteiger partial charge in [0, 0.05) is 12.6 Å². The molecule has 0 aromatic heterocycles. The summed E-state index contributed by atoms with van der Waals surface area (Å²) in [5.41, 5.74) is 0. The van der Waals surface area contributed by atoms with Gasteiger partial charge in [-0.2, -0.15) is 0 Å². The predicted molar refractivity (Wildman–Crippen MR) is 79.2 cm³/mol. The van der Waals surface area contributed by atoms with Crippen LogP contribution in [-0.4, -0.2) is 17.7 Å². The first-order valence-corrected chi connectivity index (χ1v) is 7.57. The molecule has 1 saturated carbocycles. The van der Waals surface area contributed by atoms with Crippen LogP contribution in [0.3, 0.4) is 0 Å². The summed E-state index contributed by atoms with van der Waals surface area (Å²) in [6.07, 6.45) is 8.05. The van der Waals surface area contributed by atoms with Crippen molar-refractivity contribution in [3.8, 4) is 0 Å². The zero-order valence-corrected chi connectivity index (χ0v) is 12.4. The van der Waals surface area contributed by atoms with Crippen molar-refractivity contribution in [2.75, 3.05) is 6.54 Å². The van der Waals surface area contributed by atoms with E-state index in [1.807, 2.05) is 0 Å². The van der Waals surface area contributed by atoms with E-state index in [-0.39, 0.29) is 0 Å². The largest absolute Gasteiger partial charge is 0.362 e. The lowest BCUT2D eigenvalue weighted by atomic mass is 9.83. The van der Waals surface area contributed by atoms with Crippen molar-refractivity contribution in [1.82, 2.24) is 10.6 Å². The quantitative estimate of drug-likeness (QED) is 0.737. The van der Waals surface area contributed by atoms with Crippen molar-refractivity contribution in [3.05, 3.63) is 0 Å². The van der Waals surface area contributed by atoms with Gasteiger partial charge in [0.25, 0.3) is 0 Å². The van der Waals surface area contributed by atoms with Gasteiger partial charge >= 0.3 is 0 Å². The van der Waals surface area contributed by atoms with Gasteiger partial charge in [-0.25, -0.2) is 0 Å². The van der Waals surface area contributed by atoms with Gasteiger partial charge in [-0.15, -0.1) is 0 Å². The molecule has 1 aliphatic rings. The monoisotopic (exact) mass is 256 g/mol. The van der Waals surface area contributed by atoms with E-state index < -0.39 is 0 Å². The summed E-state index contributed by atoms with van der Waals surface area (Å²) in [4.78, 5) is 0. The van der Waals surface area contributed by atoms with E-state index in [1.165, 1.54) is 38.5 Å². The van der Waals surface area contributed by atoms with Crippen LogP contribution in [0.5, 0.6) is 0 Å². The fourth-order valence-electron chi connectivity index (χ4n) is 2.54. The molecule has 0 saturated heterocycles. The average Bonchev–Trinajstić information content (AvgIpc) is 2.29. The first kappa shape index (κ1) is 14.7. The summed E-state index contributed by atoms with van der Waals surface area (Å²) in [6, 6.07) is 0.607. The van der Waals surface area contributed by atoms with Gasteiger partial charge in [-0.3, -0.25) is 0 Å². The lowest BCUT2D eigenvalue weighted by Crippen LogP contribution is -2.44.